The monoisotopic (exact) mass is 314 g/mol. The molecule has 2 amide bonds. The number of hydrogen-bond acceptors (Lipinski definition) is 3. The predicted molar refractivity (Wildman–Crippen MR) is 88.9 cm³/mol. The van der Waals surface area contributed by atoms with Crippen molar-refractivity contribution in [3.63, 3.8) is 0 Å². The summed E-state index contributed by atoms with van der Waals surface area (Å²) in [6.07, 6.45) is 2.02. The number of para-hydroxylation sites is 1. The average Bonchev–Trinajstić information content (AvgIpc) is 3.35. The van der Waals surface area contributed by atoms with Gasteiger partial charge in [-0.2, -0.15) is 5.10 Å². The van der Waals surface area contributed by atoms with Crippen LogP contribution in [-0.2, 0) is 0 Å². The summed E-state index contributed by atoms with van der Waals surface area (Å²) >= 11 is 0. The molecule has 23 heavy (non-hydrogen) atoms. The topological polar surface area (TPSA) is 70.4 Å². The predicted octanol–water partition coefficient (Wildman–Crippen LogP) is 2.48. The Kier molecular flexibility index (Phi) is 4.34. The van der Waals surface area contributed by atoms with Crippen LogP contribution in [0.25, 0.3) is 5.69 Å². The van der Waals surface area contributed by atoms with Crippen molar-refractivity contribution in [1.29, 1.82) is 0 Å². The minimum absolute atomic E-state index is 0.0227. The smallest absolute Gasteiger partial charge is 0.322 e. The molecule has 6 nitrogen and oxygen atoms in total. The van der Waals surface area contributed by atoms with Crippen LogP contribution in [0.1, 0.15) is 24.2 Å². The Bertz CT molecular complexity index is 692. The van der Waals surface area contributed by atoms with E-state index in [-0.39, 0.29) is 18.7 Å². The highest BCUT2D eigenvalue weighted by Crippen LogP contribution is 2.28. The van der Waals surface area contributed by atoms with Crippen LogP contribution in [-0.4, -0.2) is 45.0 Å². The lowest BCUT2D eigenvalue weighted by molar-refractivity contribution is 0.185. The Morgan fingerprint density at radius 1 is 1.35 bits per heavy atom. The molecule has 6 heteroatoms. The van der Waals surface area contributed by atoms with Crippen molar-refractivity contribution in [2.24, 2.45) is 0 Å². The number of nitrogens with zero attached hydrogens (tertiary/aromatic N) is 3. The number of amides is 2. The van der Waals surface area contributed by atoms with E-state index >= 15 is 0 Å². The van der Waals surface area contributed by atoms with Crippen LogP contribution in [0.2, 0.25) is 0 Å². The van der Waals surface area contributed by atoms with Gasteiger partial charge in [0.1, 0.15) is 0 Å². The summed E-state index contributed by atoms with van der Waals surface area (Å²) in [5, 5.41) is 16.7. The lowest BCUT2D eigenvalue weighted by atomic mass is 10.3. The fourth-order valence-corrected chi connectivity index (χ4v) is 2.77. The number of hydrogen-bond donors (Lipinski definition) is 2. The van der Waals surface area contributed by atoms with Crippen LogP contribution >= 0.6 is 0 Å². The molecule has 1 aliphatic carbocycles. The average molecular weight is 314 g/mol. The summed E-state index contributed by atoms with van der Waals surface area (Å²) in [7, 11) is 0. The number of aliphatic hydroxyl groups excluding tert-OH is 1. The first kappa shape index (κ1) is 15.6. The first-order valence-electron chi connectivity index (χ1n) is 7.92. The Morgan fingerprint density at radius 2 is 2.04 bits per heavy atom. The van der Waals surface area contributed by atoms with Crippen molar-refractivity contribution in [2.75, 3.05) is 18.5 Å². The minimum Gasteiger partial charge on any atom is -0.395 e. The van der Waals surface area contributed by atoms with E-state index in [2.05, 4.69) is 10.4 Å². The van der Waals surface area contributed by atoms with E-state index in [0.29, 0.717) is 6.54 Å². The molecule has 1 aromatic heterocycles. The summed E-state index contributed by atoms with van der Waals surface area (Å²) in [5.74, 6) is 0. The number of aliphatic hydroxyl groups is 1. The van der Waals surface area contributed by atoms with Crippen LogP contribution in [0.4, 0.5) is 10.5 Å². The zero-order chi connectivity index (χ0) is 16.4. The zero-order valence-electron chi connectivity index (χ0n) is 13.5. The number of benzene rings is 1. The van der Waals surface area contributed by atoms with Gasteiger partial charge in [0.2, 0.25) is 0 Å². The highest BCUT2D eigenvalue weighted by atomic mass is 16.3. The van der Waals surface area contributed by atoms with Gasteiger partial charge in [0.15, 0.2) is 0 Å². The second kappa shape index (κ2) is 6.42. The number of carbonyl (C=O) groups is 1. The molecular formula is C17H22N4O2. The van der Waals surface area contributed by atoms with Crippen molar-refractivity contribution < 1.29 is 9.90 Å². The van der Waals surface area contributed by atoms with Gasteiger partial charge >= 0.3 is 6.03 Å². The van der Waals surface area contributed by atoms with Crippen LogP contribution in [0.5, 0.6) is 0 Å². The Hall–Kier alpha value is -2.34. The first-order valence-corrected chi connectivity index (χ1v) is 7.92. The van der Waals surface area contributed by atoms with Gasteiger partial charge in [-0.1, -0.05) is 18.2 Å². The van der Waals surface area contributed by atoms with Crippen molar-refractivity contribution in [1.82, 2.24) is 14.7 Å². The van der Waals surface area contributed by atoms with E-state index in [1.807, 2.05) is 48.9 Å². The molecule has 1 saturated carbocycles. The van der Waals surface area contributed by atoms with Gasteiger partial charge in [0.25, 0.3) is 0 Å². The Morgan fingerprint density at radius 3 is 2.65 bits per heavy atom. The van der Waals surface area contributed by atoms with E-state index in [9.17, 15) is 4.79 Å². The summed E-state index contributed by atoms with van der Waals surface area (Å²) in [5.41, 5.74) is 3.37. The first-order chi connectivity index (χ1) is 11.1. The SMILES string of the molecule is Cc1nn(-c2ccccc2)c(C)c1NC(=O)N(CCO)C1CC1. The number of aryl methyl sites for hydroxylation is 1. The van der Waals surface area contributed by atoms with Gasteiger partial charge in [-0.05, 0) is 38.8 Å². The van der Waals surface area contributed by atoms with Gasteiger partial charge in [-0.25, -0.2) is 9.48 Å². The zero-order valence-corrected chi connectivity index (χ0v) is 13.5. The maximum atomic E-state index is 12.5. The van der Waals surface area contributed by atoms with E-state index in [4.69, 9.17) is 5.11 Å². The fraction of sp³-hybridized carbons (Fsp3) is 0.412. The molecule has 0 radical (unpaired) electrons. The van der Waals surface area contributed by atoms with Crippen molar-refractivity contribution >= 4 is 11.7 Å². The molecule has 1 aliphatic rings. The van der Waals surface area contributed by atoms with E-state index in [0.717, 1.165) is 35.6 Å². The summed E-state index contributed by atoms with van der Waals surface area (Å²) in [6, 6.07) is 9.92. The molecule has 122 valence electrons. The Balaban J connectivity index is 1.83. The highest BCUT2D eigenvalue weighted by Gasteiger charge is 2.32. The van der Waals surface area contributed by atoms with Crippen molar-refractivity contribution in [3.8, 4) is 5.69 Å². The summed E-state index contributed by atoms with van der Waals surface area (Å²) < 4.78 is 1.83. The van der Waals surface area contributed by atoms with Crippen LogP contribution < -0.4 is 5.32 Å². The molecule has 2 aromatic rings. The largest absolute Gasteiger partial charge is 0.395 e. The van der Waals surface area contributed by atoms with E-state index in [1.54, 1.807) is 4.90 Å². The van der Waals surface area contributed by atoms with Crippen molar-refractivity contribution in [3.05, 3.63) is 41.7 Å². The fourth-order valence-electron chi connectivity index (χ4n) is 2.77. The second-order valence-electron chi connectivity index (χ2n) is 5.87. The standard InChI is InChI=1S/C17H22N4O2/c1-12-16(18-17(23)20(10-11-22)14-8-9-14)13(2)21(19-12)15-6-4-3-5-7-15/h3-7,14,22H,8-11H2,1-2H3,(H,18,23). The van der Waals surface area contributed by atoms with Crippen molar-refractivity contribution in [2.45, 2.75) is 32.7 Å². The normalized spacial score (nSPS) is 13.9. The van der Waals surface area contributed by atoms with Gasteiger partial charge in [0, 0.05) is 12.6 Å². The molecule has 3 rings (SSSR count). The van der Waals surface area contributed by atoms with Crippen LogP contribution in [0, 0.1) is 13.8 Å². The Labute approximate surface area is 135 Å². The number of rotatable bonds is 5. The van der Waals surface area contributed by atoms with E-state index in [1.165, 1.54) is 0 Å². The van der Waals surface area contributed by atoms with Crippen LogP contribution in [0.15, 0.2) is 30.3 Å². The minimum atomic E-state index is -0.166. The molecular weight excluding hydrogens is 292 g/mol. The molecule has 0 saturated heterocycles. The number of urea groups is 1. The third-order valence-corrected chi connectivity index (χ3v) is 4.11. The third kappa shape index (κ3) is 3.22. The summed E-state index contributed by atoms with van der Waals surface area (Å²) in [4.78, 5) is 14.2. The van der Waals surface area contributed by atoms with Crippen LogP contribution in [0.3, 0.4) is 0 Å². The number of anilines is 1. The quantitative estimate of drug-likeness (QED) is 0.890. The molecule has 0 bridgehead atoms. The van der Waals surface area contributed by atoms with Gasteiger partial charge < -0.3 is 15.3 Å². The van der Waals surface area contributed by atoms with Gasteiger partial charge in [-0.15, -0.1) is 0 Å². The molecule has 0 aliphatic heterocycles. The highest BCUT2D eigenvalue weighted by molar-refractivity contribution is 5.91. The molecule has 1 aromatic carbocycles. The summed E-state index contributed by atoms with van der Waals surface area (Å²) in [6.45, 7) is 4.16. The lowest BCUT2D eigenvalue weighted by Gasteiger charge is -2.21. The number of nitrogens with one attached hydrogen (secondary N) is 1. The molecule has 1 fully saturated rings. The lowest BCUT2D eigenvalue weighted by Crippen LogP contribution is -2.38. The van der Waals surface area contributed by atoms with Gasteiger partial charge in [-0.3, -0.25) is 0 Å². The van der Waals surface area contributed by atoms with E-state index < -0.39 is 0 Å². The molecule has 0 atom stereocenters. The molecule has 0 unspecified atom stereocenters. The second-order valence-corrected chi connectivity index (χ2v) is 5.87. The maximum Gasteiger partial charge on any atom is 0.322 e. The third-order valence-electron chi connectivity index (χ3n) is 4.11. The van der Waals surface area contributed by atoms with Gasteiger partial charge in [0.05, 0.1) is 29.4 Å². The molecule has 0 spiro atoms. The molecule has 1 heterocycles. The molecule has 2 N–H and O–H groups in total. The number of carbonyl (C=O) groups excluding carboxylic acids is 1. The maximum absolute atomic E-state index is 12.5. The number of aromatic nitrogens is 2.